The zero-order valence-electron chi connectivity index (χ0n) is 9.63. The number of nitrogens with zero attached hydrogens (tertiary/aromatic N) is 2. The molecule has 0 spiro atoms. The molecule has 0 aliphatic carbocycles. The van der Waals surface area contributed by atoms with E-state index in [1.54, 1.807) is 24.3 Å². The molecule has 1 aromatic carbocycles. The number of fused-ring (bicyclic) bond motifs is 1. The van der Waals surface area contributed by atoms with Gasteiger partial charge in [0.05, 0.1) is 0 Å². The van der Waals surface area contributed by atoms with Gasteiger partial charge in [-0.15, -0.1) is 0 Å². The number of amides is 1. The molecule has 0 bridgehead atoms. The minimum absolute atomic E-state index is 0.278. The number of rotatable bonds is 2. The van der Waals surface area contributed by atoms with E-state index in [2.05, 4.69) is 15.3 Å². The quantitative estimate of drug-likeness (QED) is 0.780. The number of halogens is 1. The number of carbonyl (C=O) groups is 1. The first-order valence-corrected chi connectivity index (χ1v) is 6.33. The van der Waals surface area contributed by atoms with Crippen LogP contribution in [0.15, 0.2) is 42.6 Å². The standard InChI is InChI=1S/C13H8FN3OS/c14-9-6-7-15-11-10(9)19-13(16-11)17-12(18)8-4-2-1-3-5-8/h1-7H,(H,15,16,17,18). The topological polar surface area (TPSA) is 54.9 Å². The number of hydrogen-bond donors (Lipinski definition) is 1. The number of pyridine rings is 1. The van der Waals surface area contributed by atoms with Crippen LogP contribution < -0.4 is 5.32 Å². The molecule has 19 heavy (non-hydrogen) atoms. The molecule has 0 saturated carbocycles. The average Bonchev–Trinajstić information content (AvgIpc) is 2.84. The first-order chi connectivity index (χ1) is 9.24. The predicted octanol–water partition coefficient (Wildman–Crippen LogP) is 3.08. The van der Waals surface area contributed by atoms with Crippen molar-refractivity contribution >= 4 is 32.7 Å². The van der Waals surface area contributed by atoms with Crippen molar-refractivity contribution in [2.45, 2.75) is 0 Å². The van der Waals surface area contributed by atoms with E-state index in [0.717, 1.165) is 11.3 Å². The summed E-state index contributed by atoms with van der Waals surface area (Å²) in [6.07, 6.45) is 1.35. The Morgan fingerprint density at radius 3 is 2.74 bits per heavy atom. The van der Waals surface area contributed by atoms with Gasteiger partial charge in [0, 0.05) is 11.8 Å². The molecule has 0 aliphatic rings. The highest BCUT2D eigenvalue weighted by Gasteiger charge is 2.12. The molecule has 4 nitrogen and oxygen atoms in total. The van der Waals surface area contributed by atoms with Crippen LogP contribution in [-0.4, -0.2) is 15.9 Å². The van der Waals surface area contributed by atoms with E-state index in [1.165, 1.54) is 12.3 Å². The van der Waals surface area contributed by atoms with Gasteiger partial charge in [-0.25, -0.2) is 9.37 Å². The fraction of sp³-hybridized carbons (Fsp3) is 0. The third-order valence-corrected chi connectivity index (χ3v) is 3.47. The van der Waals surface area contributed by atoms with Gasteiger partial charge < -0.3 is 0 Å². The molecule has 2 aromatic heterocycles. The van der Waals surface area contributed by atoms with Crippen LogP contribution in [-0.2, 0) is 0 Å². The summed E-state index contributed by atoms with van der Waals surface area (Å²) in [5.74, 6) is -0.664. The number of anilines is 1. The smallest absolute Gasteiger partial charge is 0.257 e. The van der Waals surface area contributed by atoms with Crippen LogP contribution >= 0.6 is 11.3 Å². The van der Waals surface area contributed by atoms with Gasteiger partial charge in [0.25, 0.3) is 5.91 Å². The van der Waals surface area contributed by atoms with Crippen molar-refractivity contribution in [1.29, 1.82) is 0 Å². The Balaban J connectivity index is 1.90. The maximum absolute atomic E-state index is 13.5. The van der Waals surface area contributed by atoms with Gasteiger partial charge in [-0.1, -0.05) is 29.5 Å². The first kappa shape index (κ1) is 11.7. The van der Waals surface area contributed by atoms with Gasteiger partial charge in [-0.05, 0) is 18.2 Å². The highest BCUT2D eigenvalue weighted by molar-refractivity contribution is 7.22. The molecular weight excluding hydrogens is 265 g/mol. The summed E-state index contributed by atoms with van der Waals surface area (Å²) in [4.78, 5) is 19.9. The largest absolute Gasteiger partial charge is 0.298 e. The summed E-state index contributed by atoms with van der Waals surface area (Å²) in [7, 11) is 0. The lowest BCUT2D eigenvalue weighted by Crippen LogP contribution is -2.11. The van der Waals surface area contributed by atoms with Gasteiger partial charge in [0.2, 0.25) is 0 Å². The lowest BCUT2D eigenvalue weighted by Gasteiger charge is -1.99. The molecule has 1 N–H and O–H groups in total. The summed E-state index contributed by atoms with van der Waals surface area (Å²) < 4.78 is 13.8. The van der Waals surface area contributed by atoms with Crippen molar-refractivity contribution in [3.05, 3.63) is 54.0 Å². The zero-order valence-corrected chi connectivity index (χ0v) is 10.4. The lowest BCUT2D eigenvalue weighted by molar-refractivity contribution is 0.102. The van der Waals surface area contributed by atoms with Gasteiger partial charge in [-0.2, -0.15) is 4.98 Å². The van der Waals surface area contributed by atoms with Crippen LogP contribution in [0.5, 0.6) is 0 Å². The summed E-state index contributed by atoms with van der Waals surface area (Å²) in [6.45, 7) is 0. The number of hydrogen-bond acceptors (Lipinski definition) is 4. The van der Waals surface area contributed by atoms with Gasteiger partial charge >= 0.3 is 0 Å². The molecule has 94 valence electrons. The Morgan fingerprint density at radius 2 is 2.00 bits per heavy atom. The van der Waals surface area contributed by atoms with E-state index in [9.17, 15) is 9.18 Å². The molecule has 1 amide bonds. The fourth-order valence-electron chi connectivity index (χ4n) is 1.62. The van der Waals surface area contributed by atoms with Crippen LogP contribution in [0.1, 0.15) is 10.4 Å². The van der Waals surface area contributed by atoms with Crippen molar-refractivity contribution < 1.29 is 9.18 Å². The number of thiazole rings is 1. The number of nitrogens with one attached hydrogen (secondary N) is 1. The highest BCUT2D eigenvalue weighted by atomic mass is 32.1. The van der Waals surface area contributed by atoms with E-state index in [-0.39, 0.29) is 11.7 Å². The van der Waals surface area contributed by atoms with Crippen molar-refractivity contribution in [1.82, 2.24) is 9.97 Å². The number of benzene rings is 1. The monoisotopic (exact) mass is 273 g/mol. The SMILES string of the molecule is O=C(Nc1nc2nccc(F)c2s1)c1ccccc1. The maximum atomic E-state index is 13.5. The first-order valence-electron chi connectivity index (χ1n) is 5.51. The molecule has 0 fully saturated rings. The van der Waals surface area contributed by atoms with E-state index in [4.69, 9.17) is 0 Å². The summed E-state index contributed by atoms with van der Waals surface area (Å²) in [5.41, 5.74) is 0.823. The Bertz CT molecular complexity index is 742. The zero-order chi connectivity index (χ0) is 13.2. The average molecular weight is 273 g/mol. The normalized spacial score (nSPS) is 10.6. The van der Waals surface area contributed by atoms with Crippen LogP contribution in [0.4, 0.5) is 9.52 Å². The molecule has 0 radical (unpaired) electrons. The summed E-state index contributed by atoms with van der Waals surface area (Å²) in [5, 5.41) is 2.97. The van der Waals surface area contributed by atoms with Crippen LogP contribution in [0.2, 0.25) is 0 Å². The Hall–Kier alpha value is -2.34. The van der Waals surface area contributed by atoms with Crippen LogP contribution in [0, 0.1) is 5.82 Å². The van der Waals surface area contributed by atoms with Gasteiger partial charge in [0.1, 0.15) is 10.5 Å². The van der Waals surface area contributed by atoms with Crippen molar-refractivity contribution in [2.24, 2.45) is 0 Å². The second-order valence-electron chi connectivity index (χ2n) is 3.78. The second-order valence-corrected chi connectivity index (χ2v) is 4.78. The molecule has 0 saturated heterocycles. The summed E-state index contributed by atoms with van der Waals surface area (Å²) >= 11 is 1.07. The number of aromatic nitrogens is 2. The predicted molar refractivity (Wildman–Crippen MR) is 71.8 cm³/mol. The second kappa shape index (κ2) is 4.74. The minimum atomic E-state index is -0.386. The van der Waals surface area contributed by atoms with Crippen LogP contribution in [0.3, 0.4) is 0 Å². The molecule has 6 heteroatoms. The Labute approximate surface area is 111 Å². The summed E-state index contributed by atoms with van der Waals surface area (Å²) in [6, 6.07) is 10.0. The third-order valence-electron chi connectivity index (χ3n) is 2.50. The molecule has 0 unspecified atom stereocenters. The molecule has 2 heterocycles. The third kappa shape index (κ3) is 2.30. The van der Waals surface area contributed by atoms with E-state index < -0.39 is 0 Å². The van der Waals surface area contributed by atoms with E-state index in [0.29, 0.717) is 21.0 Å². The Morgan fingerprint density at radius 1 is 1.21 bits per heavy atom. The molecular formula is C13H8FN3OS. The molecule has 0 atom stereocenters. The Kier molecular flexibility index (Phi) is 2.92. The van der Waals surface area contributed by atoms with E-state index >= 15 is 0 Å². The van der Waals surface area contributed by atoms with E-state index in [1.807, 2.05) is 6.07 Å². The minimum Gasteiger partial charge on any atom is -0.298 e. The van der Waals surface area contributed by atoms with Crippen molar-refractivity contribution in [3.8, 4) is 0 Å². The van der Waals surface area contributed by atoms with Crippen molar-refractivity contribution in [2.75, 3.05) is 5.32 Å². The lowest BCUT2D eigenvalue weighted by atomic mass is 10.2. The molecule has 3 aromatic rings. The number of carbonyl (C=O) groups excluding carboxylic acids is 1. The van der Waals surface area contributed by atoms with Crippen molar-refractivity contribution in [3.63, 3.8) is 0 Å². The van der Waals surface area contributed by atoms with Gasteiger partial charge in [-0.3, -0.25) is 10.1 Å². The van der Waals surface area contributed by atoms with Crippen LogP contribution in [0.25, 0.3) is 10.3 Å². The maximum Gasteiger partial charge on any atom is 0.257 e. The molecule has 0 aliphatic heterocycles. The highest BCUT2D eigenvalue weighted by Crippen LogP contribution is 2.26. The fourth-order valence-corrected chi connectivity index (χ4v) is 2.44. The molecule has 3 rings (SSSR count). The van der Waals surface area contributed by atoms with Gasteiger partial charge in [0.15, 0.2) is 10.8 Å².